The molecule has 2 aliphatic rings. The number of dihydropyridines is 1. The summed E-state index contributed by atoms with van der Waals surface area (Å²) in [6, 6.07) is 8.04. The van der Waals surface area contributed by atoms with Crippen molar-refractivity contribution in [2.75, 3.05) is 25.6 Å². The number of rotatable bonds is 4. The van der Waals surface area contributed by atoms with Gasteiger partial charge in [-0.05, 0) is 44.4 Å². The molecule has 26 heavy (non-hydrogen) atoms. The predicted molar refractivity (Wildman–Crippen MR) is 102 cm³/mol. The first-order valence-electron chi connectivity index (χ1n) is 9.12. The number of ketones is 1. The standard InChI is InChI=1S/C21H26N2O3/c1-5-26-21(25)18-13(2)22-16-7-6-8-17(24)20(16)19(18)14-9-11-15(12-10-14)23(3)4/h9-12,19,22H,5-8H2,1-4H3/t19-/m0/s1. The van der Waals surface area contributed by atoms with E-state index in [2.05, 4.69) is 5.32 Å². The molecule has 1 aromatic rings. The van der Waals surface area contributed by atoms with Crippen molar-refractivity contribution in [3.8, 4) is 0 Å². The molecule has 1 N–H and O–H groups in total. The fraction of sp³-hybridized carbons (Fsp3) is 0.429. The second kappa shape index (κ2) is 7.36. The molecule has 3 rings (SSSR count). The maximum atomic E-state index is 12.7. The first-order chi connectivity index (χ1) is 12.4. The van der Waals surface area contributed by atoms with Gasteiger partial charge in [0, 0.05) is 49.1 Å². The number of carbonyl (C=O) groups excluding carboxylic acids is 2. The molecule has 0 saturated carbocycles. The minimum absolute atomic E-state index is 0.120. The highest BCUT2D eigenvalue weighted by atomic mass is 16.5. The van der Waals surface area contributed by atoms with Gasteiger partial charge in [-0.15, -0.1) is 0 Å². The second-order valence-corrected chi connectivity index (χ2v) is 6.97. The van der Waals surface area contributed by atoms with Gasteiger partial charge >= 0.3 is 5.97 Å². The van der Waals surface area contributed by atoms with Gasteiger partial charge in [-0.3, -0.25) is 4.79 Å². The molecule has 5 nitrogen and oxygen atoms in total. The predicted octanol–water partition coefficient (Wildman–Crippen LogP) is 3.28. The lowest BCUT2D eigenvalue weighted by atomic mass is 9.75. The fourth-order valence-electron chi connectivity index (χ4n) is 3.76. The number of esters is 1. The summed E-state index contributed by atoms with van der Waals surface area (Å²) < 4.78 is 5.30. The molecule has 1 heterocycles. The lowest BCUT2D eigenvalue weighted by Gasteiger charge is -2.34. The summed E-state index contributed by atoms with van der Waals surface area (Å²) in [6.45, 7) is 3.99. The van der Waals surface area contributed by atoms with E-state index in [0.29, 0.717) is 18.6 Å². The van der Waals surface area contributed by atoms with E-state index in [1.807, 2.05) is 50.2 Å². The van der Waals surface area contributed by atoms with E-state index in [-0.39, 0.29) is 17.7 Å². The van der Waals surface area contributed by atoms with Crippen LogP contribution in [0.4, 0.5) is 5.69 Å². The molecule has 1 aliphatic heterocycles. The van der Waals surface area contributed by atoms with Crippen molar-refractivity contribution in [1.82, 2.24) is 5.32 Å². The van der Waals surface area contributed by atoms with Crippen LogP contribution in [-0.4, -0.2) is 32.5 Å². The van der Waals surface area contributed by atoms with Crippen LogP contribution in [0.1, 0.15) is 44.6 Å². The van der Waals surface area contributed by atoms with Crippen LogP contribution >= 0.6 is 0 Å². The minimum Gasteiger partial charge on any atom is -0.463 e. The molecule has 0 aromatic heterocycles. The summed E-state index contributed by atoms with van der Waals surface area (Å²) >= 11 is 0. The molecular formula is C21H26N2O3. The maximum Gasteiger partial charge on any atom is 0.336 e. The van der Waals surface area contributed by atoms with Crippen molar-refractivity contribution >= 4 is 17.4 Å². The van der Waals surface area contributed by atoms with E-state index in [1.54, 1.807) is 6.92 Å². The SMILES string of the molecule is CCOC(=O)C1=C(C)NC2=C(C(=O)CCC2)[C@H]1c1ccc(N(C)C)cc1. The monoisotopic (exact) mass is 354 g/mol. The second-order valence-electron chi connectivity index (χ2n) is 6.97. The molecule has 0 fully saturated rings. The van der Waals surface area contributed by atoms with E-state index < -0.39 is 0 Å². The lowest BCUT2D eigenvalue weighted by molar-refractivity contribution is -0.138. The third-order valence-corrected chi connectivity index (χ3v) is 5.01. The molecule has 1 aromatic carbocycles. The van der Waals surface area contributed by atoms with Crippen molar-refractivity contribution in [3.63, 3.8) is 0 Å². The van der Waals surface area contributed by atoms with E-state index in [4.69, 9.17) is 4.74 Å². The van der Waals surface area contributed by atoms with Gasteiger partial charge < -0.3 is 15.0 Å². The fourth-order valence-corrected chi connectivity index (χ4v) is 3.76. The highest BCUT2D eigenvalue weighted by molar-refractivity contribution is 6.03. The third-order valence-electron chi connectivity index (χ3n) is 5.01. The Morgan fingerprint density at radius 1 is 1.23 bits per heavy atom. The van der Waals surface area contributed by atoms with Crippen molar-refractivity contribution in [3.05, 3.63) is 52.4 Å². The Balaban J connectivity index is 2.12. The average Bonchev–Trinajstić information content (AvgIpc) is 2.61. The van der Waals surface area contributed by atoms with Crippen LogP contribution in [0.5, 0.6) is 0 Å². The van der Waals surface area contributed by atoms with Gasteiger partial charge in [0.25, 0.3) is 0 Å². The number of carbonyl (C=O) groups is 2. The van der Waals surface area contributed by atoms with Crippen LogP contribution in [-0.2, 0) is 14.3 Å². The van der Waals surface area contributed by atoms with E-state index in [9.17, 15) is 9.59 Å². The van der Waals surface area contributed by atoms with E-state index in [1.165, 1.54) is 0 Å². The van der Waals surface area contributed by atoms with Gasteiger partial charge in [-0.2, -0.15) is 0 Å². The van der Waals surface area contributed by atoms with Crippen LogP contribution in [0.25, 0.3) is 0 Å². The smallest absolute Gasteiger partial charge is 0.336 e. The highest BCUT2D eigenvalue weighted by Crippen LogP contribution is 2.42. The normalized spacial score (nSPS) is 19.8. The summed E-state index contributed by atoms with van der Waals surface area (Å²) in [6.07, 6.45) is 2.21. The highest BCUT2D eigenvalue weighted by Gasteiger charge is 2.38. The van der Waals surface area contributed by atoms with Gasteiger partial charge in [0.05, 0.1) is 12.2 Å². The first-order valence-corrected chi connectivity index (χ1v) is 9.12. The molecule has 1 aliphatic carbocycles. The molecule has 0 spiro atoms. The zero-order valence-electron chi connectivity index (χ0n) is 15.9. The molecule has 0 bridgehead atoms. The Labute approximate surface area is 154 Å². The average molecular weight is 354 g/mol. The molecule has 5 heteroatoms. The van der Waals surface area contributed by atoms with Crippen LogP contribution in [0.15, 0.2) is 46.8 Å². The number of nitrogens with one attached hydrogen (secondary N) is 1. The number of Topliss-reactive ketones (excluding diaryl/α,β-unsaturated/α-hetero) is 1. The summed E-state index contributed by atoms with van der Waals surface area (Å²) in [7, 11) is 3.97. The van der Waals surface area contributed by atoms with Gasteiger partial charge in [0.1, 0.15) is 0 Å². The molecular weight excluding hydrogens is 328 g/mol. The minimum atomic E-state index is -0.366. The molecule has 0 radical (unpaired) electrons. The number of hydrogen-bond acceptors (Lipinski definition) is 5. The summed E-state index contributed by atoms with van der Waals surface area (Å²) in [4.78, 5) is 27.4. The van der Waals surface area contributed by atoms with E-state index >= 15 is 0 Å². The number of allylic oxidation sites excluding steroid dienone is 3. The Morgan fingerprint density at radius 2 is 1.92 bits per heavy atom. The van der Waals surface area contributed by atoms with Crippen LogP contribution in [0.2, 0.25) is 0 Å². The van der Waals surface area contributed by atoms with Crippen LogP contribution in [0, 0.1) is 0 Å². The number of hydrogen-bond donors (Lipinski definition) is 1. The lowest BCUT2D eigenvalue weighted by Crippen LogP contribution is -2.34. The molecule has 0 saturated heterocycles. The number of nitrogens with zero attached hydrogens (tertiary/aromatic N) is 1. The zero-order chi connectivity index (χ0) is 18.8. The zero-order valence-corrected chi connectivity index (χ0v) is 15.9. The summed E-state index contributed by atoms with van der Waals surface area (Å²) in [5, 5.41) is 3.30. The maximum absolute atomic E-state index is 12.7. The summed E-state index contributed by atoms with van der Waals surface area (Å²) in [5.41, 5.74) is 5.01. The van der Waals surface area contributed by atoms with Gasteiger partial charge in [-0.25, -0.2) is 4.79 Å². The van der Waals surface area contributed by atoms with Gasteiger partial charge in [0.2, 0.25) is 0 Å². The quantitative estimate of drug-likeness (QED) is 0.841. The summed E-state index contributed by atoms with van der Waals surface area (Å²) in [5.74, 6) is -0.604. The Morgan fingerprint density at radius 3 is 2.54 bits per heavy atom. The molecule has 1 atom stereocenters. The Hall–Kier alpha value is -2.56. The van der Waals surface area contributed by atoms with E-state index in [0.717, 1.165) is 41.1 Å². The third kappa shape index (κ3) is 3.26. The first kappa shape index (κ1) is 18.2. The number of ether oxygens (including phenoxy) is 1. The molecule has 0 amide bonds. The van der Waals surface area contributed by atoms with Crippen molar-refractivity contribution < 1.29 is 14.3 Å². The molecule has 0 unspecified atom stereocenters. The number of anilines is 1. The van der Waals surface area contributed by atoms with Gasteiger partial charge in [0.15, 0.2) is 5.78 Å². The number of benzene rings is 1. The van der Waals surface area contributed by atoms with Crippen molar-refractivity contribution in [1.29, 1.82) is 0 Å². The molecule has 138 valence electrons. The van der Waals surface area contributed by atoms with Crippen molar-refractivity contribution in [2.24, 2.45) is 0 Å². The largest absolute Gasteiger partial charge is 0.463 e. The van der Waals surface area contributed by atoms with Crippen LogP contribution < -0.4 is 10.2 Å². The topological polar surface area (TPSA) is 58.6 Å². The Bertz CT molecular complexity index is 788. The van der Waals surface area contributed by atoms with Crippen LogP contribution in [0.3, 0.4) is 0 Å². The van der Waals surface area contributed by atoms with Gasteiger partial charge in [-0.1, -0.05) is 12.1 Å². The Kier molecular flexibility index (Phi) is 5.16. The van der Waals surface area contributed by atoms with Crippen molar-refractivity contribution in [2.45, 2.75) is 39.0 Å².